The number of nitrogens with zero attached hydrogens (tertiary/aromatic N) is 2. The van der Waals surface area contributed by atoms with Crippen LogP contribution in [0.2, 0.25) is 5.02 Å². The Bertz CT molecular complexity index is 983. The molecule has 3 aromatic rings. The second-order valence-electron chi connectivity index (χ2n) is 8.10. The third-order valence-corrected chi connectivity index (χ3v) is 5.01. The highest BCUT2D eigenvalue weighted by Crippen LogP contribution is 2.20. The van der Waals surface area contributed by atoms with Crippen molar-refractivity contribution in [3.8, 4) is 0 Å². The van der Waals surface area contributed by atoms with Crippen LogP contribution in [0.15, 0.2) is 79.0 Å². The Hall–Kier alpha value is -2.78. The Morgan fingerprint density at radius 1 is 1.03 bits per heavy atom. The van der Waals surface area contributed by atoms with Crippen LogP contribution in [0.25, 0.3) is 6.08 Å². The molecule has 1 amide bonds. The average Bonchev–Trinajstić information content (AvgIpc) is 3.11. The molecular weight excluding hydrogens is 380 g/mol. The van der Waals surface area contributed by atoms with E-state index in [1.807, 2.05) is 71.8 Å². The van der Waals surface area contributed by atoms with E-state index in [-0.39, 0.29) is 11.4 Å². The van der Waals surface area contributed by atoms with Crippen molar-refractivity contribution in [2.45, 2.75) is 39.4 Å². The van der Waals surface area contributed by atoms with Gasteiger partial charge in [-0.05, 0) is 62.2 Å². The van der Waals surface area contributed by atoms with E-state index in [9.17, 15) is 4.79 Å². The molecule has 3 rings (SSSR count). The van der Waals surface area contributed by atoms with Gasteiger partial charge >= 0.3 is 0 Å². The number of rotatable bonds is 6. The maximum absolute atomic E-state index is 13.0. The van der Waals surface area contributed by atoms with Gasteiger partial charge in [0.25, 0.3) is 0 Å². The van der Waals surface area contributed by atoms with Crippen LogP contribution < -0.4 is 0 Å². The topological polar surface area (TPSA) is 25.2 Å². The molecule has 29 heavy (non-hydrogen) atoms. The Balaban J connectivity index is 1.79. The van der Waals surface area contributed by atoms with Crippen LogP contribution >= 0.6 is 11.6 Å². The molecule has 1 heterocycles. The molecule has 0 atom stereocenters. The zero-order chi connectivity index (χ0) is 20.9. The van der Waals surface area contributed by atoms with Gasteiger partial charge in [0, 0.05) is 35.1 Å². The fourth-order valence-corrected chi connectivity index (χ4v) is 3.42. The van der Waals surface area contributed by atoms with Gasteiger partial charge in [-0.15, -0.1) is 0 Å². The zero-order valence-corrected chi connectivity index (χ0v) is 17.9. The molecule has 0 aliphatic rings. The van der Waals surface area contributed by atoms with Crippen molar-refractivity contribution in [2.24, 2.45) is 0 Å². The monoisotopic (exact) mass is 406 g/mol. The fourth-order valence-electron chi connectivity index (χ4n) is 3.21. The van der Waals surface area contributed by atoms with Gasteiger partial charge in [0.1, 0.15) is 0 Å². The molecule has 0 fully saturated rings. The molecule has 4 heteroatoms. The van der Waals surface area contributed by atoms with E-state index in [1.54, 1.807) is 6.08 Å². The normalized spacial score (nSPS) is 11.7. The van der Waals surface area contributed by atoms with Crippen molar-refractivity contribution in [1.82, 2.24) is 9.47 Å². The van der Waals surface area contributed by atoms with Crippen LogP contribution in [0.1, 0.15) is 37.6 Å². The third kappa shape index (κ3) is 5.85. The van der Waals surface area contributed by atoms with Crippen LogP contribution in [0, 0.1) is 0 Å². The predicted molar refractivity (Wildman–Crippen MR) is 121 cm³/mol. The molecule has 0 N–H and O–H groups in total. The lowest BCUT2D eigenvalue weighted by molar-refractivity contribution is -0.131. The molecule has 0 radical (unpaired) electrons. The lowest BCUT2D eigenvalue weighted by atomic mass is 10.0. The predicted octanol–water partition coefficient (Wildman–Crippen LogP) is 6.03. The van der Waals surface area contributed by atoms with E-state index >= 15 is 0 Å². The summed E-state index contributed by atoms with van der Waals surface area (Å²) in [5.41, 5.74) is 2.93. The summed E-state index contributed by atoms with van der Waals surface area (Å²) < 4.78 is 2.17. The summed E-state index contributed by atoms with van der Waals surface area (Å²) in [4.78, 5) is 14.9. The molecule has 3 nitrogen and oxygen atoms in total. The van der Waals surface area contributed by atoms with Crippen LogP contribution in [-0.4, -0.2) is 20.9 Å². The molecule has 0 saturated heterocycles. The maximum Gasteiger partial charge on any atom is 0.247 e. The highest BCUT2D eigenvalue weighted by atomic mass is 35.5. The molecule has 0 bridgehead atoms. The van der Waals surface area contributed by atoms with E-state index in [0.717, 1.165) is 28.4 Å². The van der Waals surface area contributed by atoms with Crippen molar-refractivity contribution >= 4 is 23.6 Å². The largest absolute Gasteiger partial charge is 0.345 e. The Kier molecular flexibility index (Phi) is 6.60. The number of carbonyl (C=O) groups is 1. The van der Waals surface area contributed by atoms with Crippen molar-refractivity contribution in [3.05, 3.63) is 101 Å². The summed E-state index contributed by atoms with van der Waals surface area (Å²) in [5, 5.41) is 0.730. The SMILES string of the molecule is CC(C)(C)N(Cc1cccn1Cc1cccc(Cl)c1)C(=O)/C=C/c1ccccc1. The van der Waals surface area contributed by atoms with Gasteiger partial charge in [-0.1, -0.05) is 54.1 Å². The first kappa shape index (κ1) is 20.9. The zero-order valence-electron chi connectivity index (χ0n) is 17.2. The lowest BCUT2D eigenvalue weighted by Crippen LogP contribution is -2.44. The Morgan fingerprint density at radius 3 is 2.48 bits per heavy atom. The highest BCUT2D eigenvalue weighted by Gasteiger charge is 2.26. The third-order valence-electron chi connectivity index (χ3n) is 4.78. The van der Waals surface area contributed by atoms with Crippen molar-refractivity contribution in [3.63, 3.8) is 0 Å². The lowest BCUT2D eigenvalue weighted by Gasteiger charge is -2.35. The summed E-state index contributed by atoms with van der Waals surface area (Å²) in [6, 6.07) is 21.8. The Morgan fingerprint density at radius 2 is 1.79 bits per heavy atom. The minimum Gasteiger partial charge on any atom is -0.345 e. The van der Waals surface area contributed by atoms with Gasteiger partial charge in [-0.3, -0.25) is 4.79 Å². The number of hydrogen-bond donors (Lipinski definition) is 0. The van der Waals surface area contributed by atoms with Gasteiger partial charge in [0.2, 0.25) is 5.91 Å². The standard InChI is InChI=1S/C25H27ClN2O/c1-25(2,3)28(24(29)15-14-20-9-5-4-6-10-20)19-23-13-8-16-27(23)18-21-11-7-12-22(26)17-21/h4-17H,18-19H2,1-3H3/b15-14+. The first-order chi connectivity index (χ1) is 13.8. The maximum atomic E-state index is 13.0. The van der Waals surface area contributed by atoms with Crippen LogP contribution in [0.3, 0.4) is 0 Å². The number of halogens is 1. The van der Waals surface area contributed by atoms with Gasteiger partial charge in [0.05, 0.1) is 6.54 Å². The van der Waals surface area contributed by atoms with E-state index in [2.05, 4.69) is 37.5 Å². The van der Waals surface area contributed by atoms with Crippen molar-refractivity contribution in [1.29, 1.82) is 0 Å². The van der Waals surface area contributed by atoms with Gasteiger partial charge < -0.3 is 9.47 Å². The van der Waals surface area contributed by atoms with E-state index in [4.69, 9.17) is 11.6 Å². The summed E-state index contributed by atoms with van der Waals surface area (Å²) in [7, 11) is 0. The van der Waals surface area contributed by atoms with Crippen LogP contribution in [0.4, 0.5) is 0 Å². The smallest absolute Gasteiger partial charge is 0.247 e. The van der Waals surface area contributed by atoms with Crippen molar-refractivity contribution < 1.29 is 4.79 Å². The average molecular weight is 407 g/mol. The molecule has 0 spiro atoms. The molecule has 0 aliphatic carbocycles. The summed E-state index contributed by atoms with van der Waals surface area (Å²) >= 11 is 6.13. The van der Waals surface area contributed by atoms with E-state index in [0.29, 0.717) is 6.54 Å². The van der Waals surface area contributed by atoms with Gasteiger partial charge in [-0.2, -0.15) is 0 Å². The number of carbonyl (C=O) groups excluding carboxylic acids is 1. The van der Waals surface area contributed by atoms with Crippen LogP contribution in [0.5, 0.6) is 0 Å². The highest BCUT2D eigenvalue weighted by molar-refractivity contribution is 6.30. The van der Waals surface area contributed by atoms with E-state index < -0.39 is 0 Å². The first-order valence-corrected chi connectivity index (χ1v) is 10.1. The molecule has 150 valence electrons. The summed E-state index contributed by atoms with van der Waals surface area (Å²) in [5.74, 6) is -0.00291. The van der Waals surface area contributed by atoms with Crippen LogP contribution in [-0.2, 0) is 17.9 Å². The molecule has 1 aromatic heterocycles. The first-order valence-electron chi connectivity index (χ1n) is 9.76. The minimum atomic E-state index is -0.302. The number of hydrogen-bond acceptors (Lipinski definition) is 1. The number of aromatic nitrogens is 1. The summed E-state index contributed by atoms with van der Waals surface area (Å²) in [6.07, 6.45) is 5.57. The van der Waals surface area contributed by atoms with Gasteiger partial charge in [0.15, 0.2) is 0 Å². The molecule has 0 aliphatic heterocycles. The fraction of sp³-hybridized carbons (Fsp3) is 0.240. The quantitative estimate of drug-likeness (QED) is 0.459. The number of amides is 1. The molecule has 0 unspecified atom stereocenters. The molecular formula is C25H27ClN2O. The van der Waals surface area contributed by atoms with Crippen molar-refractivity contribution in [2.75, 3.05) is 0 Å². The second kappa shape index (κ2) is 9.15. The molecule has 0 saturated carbocycles. The second-order valence-corrected chi connectivity index (χ2v) is 8.53. The van der Waals surface area contributed by atoms with E-state index in [1.165, 1.54) is 0 Å². The molecule has 2 aromatic carbocycles. The Labute approximate surface area is 178 Å². The van der Waals surface area contributed by atoms with Gasteiger partial charge in [-0.25, -0.2) is 0 Å². The number of benzene rings is 2. The minimum absolute atomic E-state index is 0.00291. The summed E-state index contributed by atoms with van der Waals surface area (Å²) in [6.45, 7) is 7.44.